The molecule has 0 aromatic carbocycles. The van der Waals surface area contributed by atoms with Crippen LogP contribution in [0.4, 0.5) is 8.78 Å². The van der Waals surface area contributed by atoms with Crippen molar-refractivity contribution in [2.24, 2.45) is 23.5 Å². The fourth-order valence-electron chi connectivity index (χ4n) is 4.22. The van der Waals surface area contributed by atoms with Gasteiger partial charge in [-0.25, -0.2) is 0 Å². The molecular weight excluding hydrogens is 272 g/mol. The number of halogens is 2. The number of nitrogens with two attached hydrogens (primary N) is 1. The monoisotopic (exact) mass is 301 g/mol. The molecule has 2 aliphatic carbocycles. The van der Waals surface area contributed by atoms with Crippen LogP contribution in [0.5, 0.6) is 0 Å². The van der Waals surface area contributed by atoms with E-state index >= 15 is 0 Å². The zero-order valence-corrected chi connectivity index (χ0v) is 13.1. The zero-order chi connectivity index (χ0) is 15.2. The Hall–Kier alpha value is -0.640. The van der Waals surface area contributed by atoms with Gasteiger partial charge in [-0.1, -0.05) is 6.92 Å². The van der Waals surface area contributed by atoms with Crippen LogP contribution in [0.2, 0.25) is 0 Å². The normalized spacial score (nSPS) is 35.0. The smallest absolute Gasteiger partial charge is 0.304 e. The van der Waals surface area contributed by atoms with Crippen LogP contribution in [0.1, 0.15) is 64.7 Å². The van der Waals surface area contributed by atoms with Gasteiger partial charge in [0.15, 0.2) is 0 Å². The molecule has 0 aromatic rings. The molecule has 2 saturated carbocycles. The molecule has 0 spiro atoms. The summed E-state index contributed by atoms with van der Waals surface area (Å²) in [6, 6.07) is 0.373. The molecule has 0 radical (unpaired) electrons. The van der Waals surface area contributed by atoms with E-state index < -0.39 is 6.08 Å². The Morgan fingerprint density at radius 2 is 1.57 bits per heavy atom. The lowest BCUT2D eigenvalue weighted by molar-refractivity contribution is 0.0570. The van der Waals surface area contributed by atoms with Gasteiger partial charge in [-0.3, -0.25) is 0 Å². The molecule has 2 aliphatic rings. The molecule has 2 nitrogen and oxygen atoms in total. The lowest BCUT2D eigenvalue weighted by Crippen LogP contribution is -2.34. The van der Waals surface area contributed by atoms with E-state index in [1.807, 2.05) is 0 Å². The van der Waals surface area contributed by atoms with Gasteiger partial charge in [0.2, 0.25) is 0 Å². The highest BCUT2D eigenvalue weighted by Crippen LogP contribution is 2.41. The van der Waals surface area contributed by atoms with E-state index in [1.165, 1.54) is 25.7 Å². The third kappa shape index (κ3) is 4.94. The molecule has 4 heteroatoms. The highest BCUT2D eigenvalue weighted by molar-refractivity contribution is 4.85. The third-order valence-corrected chi connectivity index (χ3v) is 5.63. The van der Waals surface area contributed by atoms with E-state index in [0.29, 0.717) is 18.2 Å². The molecule has 122 valence electrons. The SMILES string of the molecule is CCC(N)C1CCC(C2CCC(OC=C(F)F)CC2)CC1. The maximum atomic E-state index is 12.0. The molecule has 0 saturated heterocycles. The first-order chi connectivity index (χ1) is 10.1. The largest absolute Gasteiger partial charge is 0.492 e. The Bertz CT molecular complexity index is 328. The van der Waals surface area contributed by atoms with Crippen molar-refractivity contribution in [1.29, 1.82) is 0 Å². The van der Waals surface area contributed by atoms with Crippen LogP contribution in [0.25, 0.3) is 0 Å². The lowest BCUT2D eigenvalue weighted by Gasteiger charge is -2.38. The summed E-state index contributed by atoms with van der Waals surface area (Å²) < 4.78 is 29.1. The first-order valence-electron chi connectivity index (χ1n) is 8.52. The average Bonchev–Trinajstić information content (AvgIpc) is 2.53. The third-order valence-electron chi connectivity index (χ3n) is 5.63. The molecule has 2 N–H and O–H groups in total. The number of rotatable bonds is 5. The summed E-state index contributed by atoms with van der Waals surface area (Å²) in [5.74, 6) is 2.30. The molecule has 0 aromatic heterocycles. The molecule has 1 atom stereocenters. The molecule has 2 rings (SSSR count). The fraction of sp³-hybridized carbons (Fsp3) is 0.882. The number of hydrogen-bond donors (Lipinski definition) is 1. The Kier molecular flexibility index (Phi) is 6.46. The van der Waals surface area contributed by atoms with Crippen molar-refractivity contribution in [2.75, 3.05) is 0 Å². The molecule has 21 heavy (non-hydrogen) atoms. The quantitative estimate of drug-likeness (QED) is 0.737. The van der Waals surface area contributed by atoms with Crippen molar-refractivity contribution < 1.29 is 13.5 Å². The van der Waals surface area contributed by atoms with Gasteiger partial charge in [-0.05, 0) is 75.5 Å². The van der Waals surface area contributed by atoms with E-state index in [4.69, 9.17) is 10.5 Å². The lowest BCUT2D eigenvalue weighted by atomic mass is 9.69. The van der Waals surface area contributed by atoms with Gasteiger partial charge in [0.1, 0.15) is 6.26 Å². The predicted octanol–water partition coefficient (Wildman–Crippen LogP) is 4.84. The van der Waals surface area contributed by atoms with Crippen molar-refractivity contribution in [1.82, 2.24) is 0 Å². The van der Waals surface area contributed by atoms with Crippen LogP contribution < -0.4 is 5.73 Å². The molecule has 0 amide bonds. The van der Waals surface area contributed by atoms with Crippen LogP contribution >= 0.6 is 0 Å². The van der Waals surface area contributed by atoms with Crippen molar-refractivity contribution in [3.05, 3.63) is 12.3 Å². The standard InChI is InChI=1S/C17H29F2NO/c1-2-16(20)14-5-3-12(4-6-14)13-7-9-15(10-8-13)21-11-17(18)19/h11-16H,2-10,20H2,1H3. The van der Waals surface area contributed by atoms with Crippen molar-refractivity contribution in [3.63, 3.8) is 0 Å². The highest BCUT2D eigenvalue weighted by atomic mass is 19.3. The number of ether oxygens (including phenoxy) is 1. The van der Waals surface area contributed by atoms with Crippen LogP contribution in [-0.4, -0.2) is 12.1 Å². The van der Waals surface area contributed by atoms with Gasteiger partial charge >= 0.3 is 6.08 Å². The van der Waals surface area contributed by atoms with Gasteiger partial charge in [-0.2, -0.15) is 8.78 Å². The topological polar surface area (TPSA) is 35.2 Å². The molecule has 0 aliphatic heterocycles. The molecular formula is C17H29F2NO. The summed E-state index contributed by atoms with van der Waals surface area (Å²) in [5.41, 5.74) is 6.16. The summed E-state index contributed by atoms with van der Waals surface area (Å²) in [4.78, 5) is 0. The summed E-state index contributed by atoms with van der Waals surface area (Å²) in [7, 11) is 0. The van der Waals surface area contributed by atoms with Gasteiger partial charge in [0, 0.05) is 6.04 Å². The fourth-order valence-corrected chi connectivity index (χ4v) is 4.22. The predicted molar refractivity (Wildman–Crippen MR) is 80.8 cm³/mol. The summed E-state index contributed by atoms with van der Waals surface area (Å²) in [6.45, 7) is 2.17. The highest BCUT2D eigenvalue weighted by Gasteiger charge is 2.32. The second-order valence-corrected chi connectivity index (χ2v) is 6.83. The maximum Gasteiger partial charge on any atom is 0.304 e. The molecule has 2 fully saturated rings. The Morgan fingerprint density at radius 1 is 1.05 bits per heavy atom. The van der Waals surface area contributed by atoms with Crippen LogP contribution in [0.3, 0.4) is 0 Å². The molecule has 0 heterocycles. The van der Waals surface area contributed by atoms with Crippen molar-refractivity contribution in [2.45, 2.75) is 76.9 Å². The van der Waals surface area contributed by atoms with Crippen LogP contribution in [0.15, 0.2) is 12.3 Å². The first kappa shape index (κ1) is 16.7. The van der Waals surface area contributed by atoms with Gasteiger partial charge in [0.05, 0.1) is 6.10 Å². The van der Waals surface area contributed by atoms with Crippen molar-refractivity contribution >= 4 is 0 Å². The van der Waals surface area contributed by atoms with E-state index in [0.717, 1.165) is 43.9 Å². The molecule has 0 bridgehead atoms. The van der Waals surface area contributed by atoms with E-state index in [1.54, 1.807) is 0 Å². The van der Waals surface area contributed by atoms with Gasteiger partial charge < -0.3 is 10.5 Å². The maximum absolute atomic E-state index is 12.0. The summed E-state index contributed by atoms with van der Waals surface area (Å²) >= 11 is 0. The Balaban J connectivity index is 1.70. The van der Waals surface area contributed by atoms with Gasteiger partial charge in [0.25, 0.3) is 0 Å². The Labute approximate surface area is 127 Å². The molecule has 1 unspecified atom stereocenters. The minimum atomic E-state index is -1.73. The average molecular weight is 301 g/mol. The summed E-state index contributed by atoms with van der Waals surface area (Å²) in [6.07, 6.45) is 9.18. The van der Waals surface area contributed by atoms with E-state index in [9.17, 15) is 8.78 Å². The van der Waals surface area contributed by atoms with Crippen LogP contribution in [-0.2, 0) is 4.74 Å². The van der Waals surface area contributed by atoms with E-state index in [2.05, 4.69) is 6.92 Å². The first-order valence-corrected chi connectivity index (χ1v) is 8.52. The zero-order valence-electron chi connectivity index (χ0n) is 13.1. The van der Waals surface area contributed by atoms with Crippen LogP contribution in [0, 0.1) is 17.8 Å². The minimum absolute atomic E-state index is 0.00685. The summed E-state index contributed by atoms with van der Waals surface area (Å²) in [5, 5.41) is 0. The van der Waals surface area contributed by atoms with Gasteiger partial charge in [-0.15, -0.1) is 0 Å². The van der Waals surface area contributed by atoms with Crippen molar-refractivity contribution in [3.8, 4) is 0 Å². The second-order valence-electron chi connectivity index (χ2n) is 6.83. The Morgan fingerprint density at radius 3 is 2.05 bits per heavy atom. The second kappa shape index (κ2) is 8.11. The van der Waals surface area contributed by atoms with E-state index in [-0.39, 0.29) is 6.10 Å². The minimum Gasteiger partial charge on any atom is -0.492 e. The number of hydrogen-bond acceptors (Lipinski definition) is 2.